The second kappa shape index (κ2) is 4.65. The smallest absolute Gasteiger partial charge is 0.311 e. The maximum absolute atomic E-state index is 11.3. The Bertz CT molecular complexity index is 509. The van der Waals surface area contributed by atoms with Crippen molar-refractivity contribution in [3.8, 4) is 6.07 Å². The van der Waals surface area contributed by atoms with Gasteiger partial charge >= 0.3 is 5.97 Å². The summed E-state index contributed by atoms with van der Waals surface area (Å²) >= 11 is 0. The molecule has 94 valence electrons. The Labute approximate surface area is 106 Å². The minimum absolute atomic E-state index is 0.419. The fourth-order valence-electron chi connectivity index (χ4n) is 2.35. The number of hydrogen-bond acceptors (Lipinski definition) is 4. The van der Waals surface area contributed by atoms with Gasteiger partial charge in [0.25, 0.3) is 0 Å². The number of nitrogens with zero attached hydrogens (tertiary/aromatic N) is 3. The molecule has 1 unspecified atom stereocenters. The Balaban J connectivity index is 2.29. The highest BCUT2D eigenvalue weighted by atomic mass is 16.4. The Morgan fingerprint density at radius 3 is 3.11 bits per heavy atom. The minimum atomic E-state index is -0.783. The first-order chi connectivity index (χ1) is 8.57. The highest BCUT2D eigenvalue weighted by Crippen LogP contribution is 2.33. The van der Waals surface area contributed by atoms with Crippen molar-refractivity contribution < 1.29 is 9.90 Å². The summed E-state index contributed by atoms with van der Waals surface area (Å²) in [5.41, 5.74) is 0.521. The molecule has 0 bridgehead atoms. The standard InChI is InChI=1S/C13H15N3O2/c1-13(12(17)18)4-2-6-16(9-13)11-8-15-5-3-10(11)7-14/h3,5,8H,2,4,6,9H2,1H3,(H,17,18). The van der Waals surface area contributed by atoms with Crippen LogP contribution in [0.5, 0.6) is 0 Å². The number of carboxylic acid groups (broad SMARTS) is 1. The van der Waals surface area contributed by atoms with E-state index in [1.807, 2.05) is 4.90 Å². The molecule has 1 N–H and O–H groups in total. The molecule has 5 heteroatoms. The van der Waals surface area contributed by atoms with Gasteiger partial charge in [0.2, 0.25) is 0 Å². The van der Waals surface area contributed by atoms with Gasteiger partial charge in [-0.05, 0) is 25.8 Å². The summed E-state index contributed by atoms with van der Waals surface area (Å²) in [7, 11) is 0. The van der Waals surface area contributed by atoms with Crippen LogP contribution >= 0.6 is 0 Å². The van der Waals surface area contributed by atoms with Crippen LogP contribution in [0.3, 0.4) is 0 Å². The van der Waals surface area contributed by atoms with Crippen LogP contribution in [0, 0.1) is 16.7 Å². The van der Waals surface area contributed by atoms with Gasteiger partial charge in [0.15, 0.2) is 0 Å². The lowest BCUT2D eigenvalue weighted by Crippen LogP contribution is -2.46. The predicted molar refractivity (Wildman–Crippen MR) is 66.1 cm³/mol. The lowest BCUT2D eigenvalue weighted by atomic mass is 9.82. The van der Waals surface area contributed by atoms with Crippen LogP contribution in [0.1, 0.15) is 25.3 Å². The zero-order valence-corrected chi connectivity index (χ0v) is 10.3. The van der Waals surface area contributed by atoms with E-state index in [4.69, 9.17) is 5.26 Å². The van der Waals surface area contributed by atoms with Crippen molar-refractivity contribution in [1.29, 1.82) is 5.26 Å². The molecule has 0 aliphatic carbocycles. The number of hydrogen-bond donors (Lipinski definition) is 1. The first kappa shape index (κ1) is 12.4. The van der Waals surface area contributed by atoms with Gasteiger partial charge in [-0.15, -0.1) is 0 Å². The highest BCUT2D eigenvalue weighted by Gasteiger charge is 2.38. The second-order valence-electron chi connectivity index (χ2n) is 4.90. The quantitative estimate of drug-likeness (QED) is 0.857. The van der Waals surface area contributed by atoms with Crippen molar-refractivity contribution in [3.05, 3.63) is 24.0 Å². The van der Waals surface area contributed by atoms with Gasteiger partial charge in [0, 0.05) is 19.3 Å². The maximum Gasteiger partial charge on any atom is 0.311 e. The molecule has 1 fully saturated rings. The predicted octanol–water partition coefficient (Wildman–Crippen LogP) is 1.64. The molecule has 1 atom stereocenters. The van der Waals surface area contributed by atoms with E-state index in [1.165, 1.54) is 0 Å². The van der Waals surface area contributed by atoms with Gasteiger partial charge < -0.3 is 10.0 Å². The number of anilines is 1. The molecular weight excluding hydrogens is 230 g/mol. The molecule has 0 saturated carbocycles. The number of rotatable bonds is 2. The van der Waals surface area contributed by atoms with Crippen LogP contribution in [-0.2, 0) is 4.79 Å². The van der Waals surface area contributed by atoms with Gasteiger partial charge in [-0.1, -0.05) is 0 Å². The van der Waals surface area contributed by atoms with Gasteiger partial charge in [0.05, 0.1) is 22.9 Å². The highest BCUT2D eigenvalue weighted by molar-refractivity contribution is 5.75. The fourth-order valence-corrected chi connectivity index (χ4v) is 2.35. The Morgan fingerprint density at radius 1 is 1.67 bits per heavy atom. The molecule has 18 heavy (non-hydrogen) atoms. The molecule has 1 aromatic heterocycles. The number of piperidine rings is 1. The monoisotopic (exact) mass is 245 g/mol. The summed E-state index contributed by atoms with van der Waals surface area (Å²) in [5, 5.41) is 18.3. The average Bonchev–Trinajstić information content (AvgIpc) is 2.38. The van der Waals surface area contributed by atoms with Crippen molar-refractivity contribution in [2.75, 3.05) is 18.0 Å². The first-order valence-corrected chi connectivity index (χ1v) is 5.89. The van der Waals surface area contributed by atoms with E-state index in [-0.39, 0.29) is 0 Å². The zero-order valence-electron chi connectivity index (χ0n) is 10.3. The summed E-state index contributed by atoms with van der Waals surface area (Å²) < 4.78 is 0. The molecule has 1 aliphatic rings. The van der Waals surface area contributed by atoms with E-state index in [1.54, 1.807) is 25.4 Å². The maximum atomic E-state index is 11.3. The third kappa shape index (κ3) is 2.14. The normalized spacial score (nSPS) is 23.4. The fraction of sp³-hybridized carbons (Fsp3) is 0.462. The van der Waals surface area contributed by atoms with E-state index >= 15 is 0 Å². The molecule has 0 amide bonds. The van der Waals surface area contributed by atoms with Gasteiger partial charge in [-0.3, -0.25) is 9.78 Å². The third-order valence-corrected chi connectivity index (χ3v) is 3.47. The third-order valence-electron chi connectivity index (χ3n) is 3.47. The Hall–Kier alpha value is -2.09. The Kier molecular flexibility index (Phi) is 3.19. The minimum Gasteiger partial charge on any atom is -0.481 e. The Morgan fingerprint density at radius 2 is 2.44 bits per heavy atom. The summed E-state index contributed by atoms with van der Waals surface area (Å²) in [6.45, 7) is 2.94. The number of aliphatic carboxylic acids is 1. The number of pyridine rings is 1. The molecule has 1 aromatic rings. The van der Waals surface area contributed by atoms with Crippen molar-refractivity contribution in [2.45, 2.75) is 19.8 Å². The molecule has 1 saturated heterocycles. The SMILES string of the molecule is CC1(C(=O)O)CCCN(c2cnccc2C#N)C1. The van der Waals surface area contributed by atoms with E-state index < -0.39 is 11.4 Å². The van der Waals surface area contributed by atoms with E-state index in [9.17, 15) is 9.90 Å². The number of aromatic nitrogens is 1. The van der Waals surface area contributed by atoms with Gasteiger partial charge in [-0.2, -0.15) is 5.26 Å². The topological polar surface area (TPSA) is 77.2 Å². The molecule has 0 aromatic carbocycles. The van der Waals surface area contributed by atoms with Crippen LogP contribution in [0.25, 0.3) is 0 Å². The molecule has 2 rings (SSSR count). The van der Waals surface area contributed by atoms with Gasteiger partial charge in [0.1, 0.15) is 6.07 Å². The lowest BCUT2D eigenvalue weighted by molar-refractivity contribution is -0.148. The van der Waals surface area contributed by atoms with Crippen molar-refractivity contribution >= 4 is 11.7 Å². The van der Waals surface area contributed by atoms with Gasteiger partial charge in [-0.25, -0.2) is 0 Å². The van der Waals surface area contributed by atoms with E-state index in [0.29, 0.717) is 18.5 Å². The second-order valence-corrected chi connectivity index (χ2v) is 4.90. The van der Waals surface area contributed by atoms with Crippen LogP contribution in [0.2, 0.25) is 0 Å². The van der Waals surface area contributed by atoms with Crippen molar-refractivity contribution in [1.82, 2.24) is 4.98 Å². The largest absolute Gasteiger partial charge is 0.481 e. The van der Waals surface area contributed by atoms with E-state index in [0.717, 1.165) is 18.7 Å². The summed E-state index contributed by atoms with van der Waals surface area (Å²) in [6, 6.07) is 3.78. The molecule has 5 nitrogen and oxygen atoms in total. The van der Waals surface area contributed by atoms with Crippen LogP contribution in [0.15, 0.2) is 18.5 Å². The molecule has 0 radical (unpaired) electrons. The van der Waals surface area contributed by atoms with Crippen molar-refractivity contribution in [3.63, 3.8) is 0 Å². The molecular formula is C13H15N3O2. The number of carboxylic acids is 1. The molecule has 2 heterocycles. The zero-order chi connectivity index (χ0) is 13.2. The molecule has 0 spiro atoms. The number of nitriles is 1. The number of carbonyl (C=O) groups is 1. The van der Waals surface area contributed by atoms with Crippen molar-refractivity contribution in [2.24, 2.45) is 5.41 Å². The van der Waals surface area contributed by atoms with Crippen LogP contribution in [-0.4, -0.2) is 29.1 Å². The summed E-state index contributed by atoms with van der Waals surface area (Å²) in [5.74, 6) is -0.783. The first-order valence-electron chi connectivity index (χ1n) is 5.89. The van der Waals surface area contributed by atoms with E-state index in [2.05, 4.69) is 11.1 Å². The average molecular weight is 245 g/mol. The lowest BCUT2D eigenvalue weighted by Gasteiger charge is -2.38. The molecule has 1 aliphatic heterocycles. The van der Waals surface area contributed by atoms with Crippen LogP contribution < -0.4 is 4.90 Å². The van der Waals surface area contributed by atoms with Crippen LogP contribution in [0.4, 0.5) is 5.69 Å². The summed E-state index contributed by atoms with van der Waals surface area (Å²) in [4.78, 5) is 17.3. The summed E-state index contributed by atoms with van der Waals surface area (Å²) in [6.07, 6.45) is 4.68.